The Bertz CT molecular complexity index is 427. The molecule has 4 nitrogen and oxygen atoms in total. The van der Waals surface area contributed by atoms with Gasteiger partial charge in [-0.1, -0.05) is 6.07 Å². The van der Waals surface area contributed by atoms with Crippen molar-refractivity contribution >= 4 is 5.97 Å². The molecule has 1 aliphatic carbocycles. The number of benzene rings is 1. The molecule has 0 aliphatic heterocycles. The third-order valence-corrected chi connectivity index (χ3v) is 2.96. The van der Waals surface area contributed by atoms with Gasteiger partial charge in [-0.15, -0.1) is 0 Å². The zero-order valence-corrected chi connectivity index (χ0v) is 10.1. The number of carbonyl (C=O) groups excluding carboxylic acids is 1. The van der Waals surface area contributed by atoms with Gasteiger partial charge in [-0.2, -0.15) is 0 Å². The van der Waals surface area contributed by atoms with Crippen LogP contribution in [0, 0.1) is 5.92 Å². The van der Waals surface area contributed by atoms with Crippen molar-refractivity contribution < 1.29 is 14.3 Å². The highest BCUT2D eigenvalue weighted by Gasteiger charge is 2.30. The Morgan fingerprint density at radius 2 is 2.12 bits per heavy atom. The van der Waals surface area contributed by atoms with Crippen molar-refractivity contribution in [3.63, 3.8) is 0 Å². The molecule has 0 saturated heterocycles. The van der Waals surface area contributed by atoms with E-state index in [-0.39, 0.29) is 12.0 Å². The second kappa shape index (κ2) is 4.75. The monoisotopic (exact) mass is 235 g/mol. The Balaban J connectivity index is 2.23. The van der Waals surface area contributed by atoms with Crippen LogP contribution < -0.4 is 15.2 Å². The summed E-state index contributed by atoms with van der Waals surface area (Å²) in [5, 5.41) is 0. The SMILES string of the molecule is COc1cc([C@H](N)C2CC2)ccc1OC(C)=O. The summed E-state index contributed by atoms with van der Waals surface area (Å²) in [4.78, 5) is 10.9. The van der Waals surface area contributed by atoms with Crippen LogP contribution in [0.2, 0.25) is 0 Å². The number of esters is 1. The fourth-order valence-corrected chi connectivity index (χ4v) is 1.86. The predicted molar refractivity (Wildman–Crippen MR) is 64.0 cm³/mol. The van der Waals surface area contributed by atoms with Gasteiger partial charge in [0.05, 0.1) is 7.11 Å². The van der Waals surface area contributed by atoms with E-state index in [2.05, 4.69) is 0 Å². The Morgan fingerprint density at radius 3 is 2.65 bits per heavy atom. The second-order valence-corrected chi connectivity index (χ2v) is 4.37. The molecule has 0 amide bonds. The van der Waals surface area contributed by atoms with Gasteiger partial charge in [-0.25, -0.2) is 0 Å². The van der Waals surface area contributed by atoms with E-state index < -0.39 is 0 Å². The van der Waals surface area contributed by atoms with E-state index >= 15 is 0 Å². The molecule has 92 valence electrons. The molecule has 4 heteroatoms. The molecular weight excluding hydrogens is 218 g/mol. The quantitative estimate of drug-likeness (QED) is 0.640. The molecule has 2 N–H and O–H groups in total. The van der Waals surface area contributed by atoms with Crippen molar-refractivity contribution in [3.8, 4) is 11.5 Å². The van der Waals surface area contributed by atoms with Crippen LogP contribution in [-0.4, -0.2) is 13.1 Å². The first kappa shape index (κ1) is 11.9. The second-order valence-electron chi connectivity index (χ2n) is 4.37. The van der Waals surface area contributed by atoms with Crippen LogP contribution >= 0.6 is 0 Å². The molecular formula is C13H17NO3. The standard InChI is InChI=1S/C13H17NO3/c1-8(15)17-11-6-5-10(7-12(11)16-2)13(14)9-3-4-9/h5-7,9,13H,3-4,14H2,1-2H3/t13-/m1/s1. The summed E-state index contributed by atoms with van der Waals surface area (Å²) in [7, 11) is 1.55. The number of ether oxygens (including phenoxy) is 2. The molecule has 1 aliphatic rings. The minimum absolute atomic E-state index is 0.0512. The van der Waals surface area contributed by atoms with Crippen LogP contribution in [0.5, 0.6) is 11.5 Å². The average Bonchev–Trinajstić information content (AvgIpc) is 3.11. The first-order valence-electron chi connectivity index (χ1n) is 5.73. The lowest BCUT2D eigenvalue weighted by Crippen LogP contribution is -2.12. The first-order chi connectivity index (χ1) is 8.11. The zero-order chi connectivity index (χ0) is 12.4. The number of hydrogen-bond donors (Lipinski definition) is 1. The molecule has 0 aromatic heterocycles. The highest BCUT2D eigenvalue weighted by atomic mass is 16.6. The van der Waals surface area contributed by atoms with E-state index in [1.807, 2.05) is 12.1 Å². The Morgan fingerprint density at radius 1 is 1.41 bits per heavy atom. The van der Waals surface area contributed by atoms with Crippen LogP contribution in [0.15, 0.2) is 18.2 Å². The van der Waals surface area contributed by atoms with Gasteiger partial charge in [0, 0.05) is 13.0 Å². The molecule has 0 unspecified atom stereocenters. The van der Waals surface area contributed by atoms with E-state index in [1.165, 1.54) is 19.8 Å². The van der Waals surface area contributed by atoms with Crippen molar-refractivity contribution in [2.75, 3.05) is 7.11 Å². The van der Waals surface area contributed by atoms with Crippen LogP contribution in [0.4, 0.5) is 0 Å². The highest BCUT2D eigenvalue weighted by Crippen LogP contribution is 2.41. The van der Waals surface area contributed by atoms with Gasteiger partial charge in [0.1, 0.15) is 0 Å². The van der Waals surface area contributed by atoms with E-state index in [9.17, 15) is 4.79 Å². The summed E-state index contributed by atoms with van der Waals surface area (Å²) in [5.41, 5.74) is 7.14. The fraction of sp³-hybridized carbons (Fsp3) is 0.462. The van der Waals surface area contributed by atoms with E-state index in [4.69, 9.17) is 15.2 Å². The van der Waals surface area contributed by atoms with Crippen molar-refractivity contribution in [1.82, 2.24) is 0 Å². The summed E-state index contributed by atoms with van der Waals surface area (Å²) in [5.74, 6) is 1.21. The molecule has 1 aromatic carbocycles. The van der Waals surface area contributed by atoms with Crippen LogP contribution in [0.1, 0.15) is 31.4 Å². The maximum atomic E-state index is 10.9. The summed E-state index contributed by atoms with van der Waals surface area (Å²) in [6.07, 6.45) is 2.38. The third-order valence-electron chi connectivity index (χ3n) is 2.96. The maximum Gasteiger partial charge on any atom is 0.308 e. The van der Waals surface area contributed by atoms with E-state index in [1.54, 1.807) is 13.2 Å². The van der Waals surface area contributed by atoms with Gasteiger partial charge >= 0.3 is 5.97 Å². The molecule has 1 saturated carbocycles. The van der Waals surface area contributed by atoms with Crippen molar-refractivity contribution in [1.29, 1.82) is 0 Å². The molecule has 17 heavy (non-hydrogen) atoms. The topological polar surface area (TPSA) is 61.6 Å². The van der Waals surface area contributed by atoms with Crippen LogP contribution in [-0.2, 0) is 4.79 Å². The van der Waals surface area contributed by atoms with Crippen molar-refractivity contribution in [2.24, 2.45) is 11.7 Å². The number of hydrogen-bond acceptors (Lipinski definition) is 4. The molecule has 2 rings (SSSR count). The first-order valence-corrected chi connectivity index (χ1v) is 5.73. The maximum absolute atomic E-state index is 10.9. The zero-order valence-electron chi connectivity index (χ0n) is 10.1. The molecule has 0 heterocycles. The van der Waals surface area contributed by atoms with Gasteiger partial charge < -0.3 is 15.2 Å². The van der Waals surface area contributed by atoms with E-state index in [0.29, 0.717) is 17.4 Å². The minimum Gasteiger partial charge on any atom is -0.493 e. The number of rotatable bonds is 4. The molecule has 0 radical (unpaired) electrons. The summed E-state index contributed by atoms with van der Waals surface area (Å²) < 4.78 is 10.2. The van der Waals surface area contributed by atoms with Gasteiger partial charge in [0.2, 0.25) is 0 Å². The Labute approximate surface area is 101 Å². The van der Waals surface area contributed by atoms with Crippen LogP contribution in [0.3, 0.4) is 0 Å². The Kier molecular flexibility index (Phi) is 3.33. The minimum atomic E-state index is -0.359. The third kappa shape index (κ3) is 2.77. The van der Waals surface area contributed by atoms with E-state index in [0.717, 1.165) is 5.56 Å². The molecule has 1 aromatic rings. The smallest absolute Gasteiger partial charge is 0.308 e. The van der Waals surface area contributed by atoms with Crippen molar-refractivity contribution in [2.45, 2.75) is 25.8 Å². The number of carbonyl (C=O) groups is 1. The van der Waals surface area contributed by atoms with Gasteiger partial charge in [0.25, 0.3) is 0 Å². The number of nitrogens with two attached hydrogens (primary N) is 1. The lowest BCUT2D eigenvalue weighted by Gasteiger charge is -2.14. The normalized spacial score (nSPS) is 16.4. The lowest BCUT2D eigenvalue weighted by molar-refractivity contribution is -0.132. The predicted octanol–water partition coefficient (Wildman–Crippen LogP) is 2.03. The Hall–Kier alpha value is -1.55. The lowest BCUT2D eigenvalue weighted by atomic mass is 10.0. The van der Waals surface area contributed by atoms with Gasteiger partial charge in [-0.05, 0) is 36.5 Å². The molecule has 0 spiro atoms. The van der Waals surface area contributed by atoms with Crippen LogP contribution in [0.25, 0.3) is 0 Å². The molecule has 1 atom stereocenters. The van der Waals surface area contributed by atoms with Gasteiger partial charge in [-0.3, -0.25) is 4.79 Å². The molecule has 0 bridgehead atoms. The summed E-state index contributed by atoms with van der Waals surface area (Å²) >= 11 is 0. The molecule has 1 fully saturated rings. The average molecular weight is 235 g/mol. The largest absolute Gasteiger partial charge is 0.493 e. The highest BCUT2D eigenvalue weighted by molar-refractivity contribution is 5.70. The summed E-state index contributed by atoms with van der Waals surface area (Å²) in [6.45, 7) is 1.36. The van der Waals surface area contributed by atoms with Crippen molar-refractivity contribution in [3.05, 3.63) is 23.8 Å². The summed E-state index contributed by atoms with van der Waals surface area (Å²) in [6, 6.07) is 5.53. The number of methoxy groups -OCH3 is 1. The fourth-order valence-electron chi connectivity index (χ4n) is 1.86. The van der Waals surface area contributed by atoms with Gasteiger partial charge in [0.15, 0.2) is 11.5 Å².